The molecule has 4 rings (SSSR count). The summed E-state index contributed by atoms with van der Waals surface area (Å²) in [6.45, 7) is 2.85. The molecule has 0 saturated carbocycles. The van der Waals surface area contributed by atoms with E-state index in [9.17, 15) is 14.4 Å². The number of thiocarbonyl (C=S) groups is 1. The first-order valence-electron chi connectivity index (χ1n) is 12.6. The molecule has 0 aliphatic carbocycles. The number of nitrogens with zero attached hydrogens (tertiary/aromatic N) is 1. The van der Waals surface area contributed by atoms with Gasteiger partial charge in [0.05, 0.1) is 4.91 Å². The zero-order valence-electron chi connectivity index (χ0n) is 21.5. The number of carbonyl (C=O) groups excluding carboxylic acids is 3. The molecule has 3 aromatic carbocycles. The lowest BCUT2D eigenvalue weighted by Gasteiger charge is -2.14. The lowest BCUT2D eigenvalue weighted by atomic mass is 10.1. The molecule has 3 aromatic rings. The van der Waals surface area contributed by atoms with Crippen LogP contribution in [0.4, 0.5) is 0 Å². The number of thioether (sulfide) groups is 1. The number of benzene rings is 3. The molecule has 1 heterocycles. The molecule has 9 heteroatoms. The maximum atomic E-state index is 12.8. The highest BCUT2D eigenvalue weighted by Gasteiger charge is 2.31. The molecular formula is C30H29N3O4S2. The van der Waals surface area contributed by atoms with Crippen molar-refractivity contribution >= 4 is 52.1 Å². The normalized spacial score (nSPS) is 14.0. The summed E-state index contributed by atoms with van der Waals surface area (Å²) in [4.78, 5) is 39.5. The fraction of sp³-hybridized carbons (Fsp3) is 0.200. The van der Waals surface area contributed by atoms with Crippen LogP contribution in [0.25, 0.3) is 6.08 Å². The molecule has 0 unspecified atom stereocenters. The Morgan fingerprint density at radius 1 is 0.949 bits per heavy atom. The highest BCUT2D eigenvalue weighted by Crippen LogP contribution is 2.32. The van der Waals surface area contributed by atoms with Gasteiger partial charge in [0.2, 0.25) is 5.91 Å². The second-order valence-corrected chi connectivity index (χ2v) is 10.5. The smallest absolute Gasteiger partial charge is 0.269 e. The first-order chi connectivity index (χ1) is 18.9. The van der Waals surface area contributed by atoms with Crippen molar-refractivity contribution in [1.82, 2.24) is 15.8 Å². The maximum absolute atomic E-state index is 12.8. The third kappa shape index (κ3) is 8.02. The molecule has 0 bridgehead atoms. The Labute approximate surface area is 237 Å². The molecule has 1 aliphatic heterocycles. The van der Waals surface area contributed by atoms with Crippen molar-refractivity contribution in [2.24, 2.45) is 0 Å². The summed E-state index contributed by atoms with van der Waals surface area (Å²) in [5, 5.41) is 0. The number of nitrogens with one attached hydrogen (secondary N) is 2. The van der Waals surface area contributed by atoms with Gasteiger partial charge in [0, 0.05) is 18.5 Å². The minimum absolute atomic E-state index is 0.126. The first kappa shape index (κ1) is 28.1. The van der Waals surface area contributed by atoms with E-state index in [2.05, 4.69) is 17.8 Å². The lowest BCUT2D eigenvalue weighted by Crippen LogP contribution is -2.41. The topological polar surface area (TPSA) is 87.7 Å². The third-order valence-corrected chi connectivity index (χ3v) is 7.40. The minimum atomic E-state index is -0.438. The van der Waals surface area contributed by atoms with Crippen LogP contribution >= 0.6 is 24.0 Å². The molecule has 0 radical (unpaired) electrons. The van der Waals surface area contributed by atoms with Gasteiger partial charge in [-0.3, -0.25) is 30.1 Å². The summed E-state index contributed by atoms with van der Waals surface area (Å²) in [5.74, 6) is -0.316. The lowest BCUT2D eigenvalue weighted by molar-refractivity contribution is -0.124. The van der Waals surface area contributed by atoms with Gasteiger partial charge in [-0.05, 0) is 59.9 Å². The van der Waals surface area contributed by atoms with E-state index in [0.717, 1.165) is 17.5 Å². The van der Waals surface area contributed by atoms with Crippen LogP contribution in [-0.4, -0.2) is 33.5 Å². The number of ether oxygens (including phenoxy) is 1. The van der Waals surface area contributed by atoms with Gasteiger partial charge in [-0.15, -0.1) is 0 Å². The van der Waals surface area contributed by atoms with E-state index in [4.69, 9.17) is 17.0 Å². The van der Waals surface area contributed by atoms with E-state index in [0.29, 0.717) is 40.1 Å². The summed E-state index contributed by atoms with van der Waals surface area (Å²) in [7, 11) is 0. The number of carbonyl (C=O) groups is 3. The van der Waals surface area contributed by atoms with Crippen molar-refractivity contribution in [2.75, 3.05) is 6.54 Å². The van der Waals surface area contributed by atoms with Crippen LogP contribution in [0.3, 0.4) is 0 Å². The molecule has 0 aromatic heterocycles. The average molecular weight is 560 g/mol. The maximum Gasteiger partial charge on any atom is 0.269 e. The van der Waals surface area contributed by atoms with Crippen LogP contribution in [0.1, 0.15) is 46.8 Å². The van der Waals surface area contributed by atoms with Crippen molar-refractivity contribution in [1.29, 1.82) is 0 Å². The van der Waals surface area contributed by atoms with Crippen LogP contribution in [0.5, 0.6) is 5.75 Å². The fourth-order valence-electron chi connectivity index (χ4n) is 3.80. The molecule has 39 heavy (non-hydrogen) atoms. The van der Waals surface area contributed by atoms with Gasteiger partial charge in [0.25, 0.3) is 11.8 Å². The predicted octanol–water partition coefficient (Wildman–Crippen LogP) is 5.27. The number of aryl methyl sites for hydroxylation is 1. The number of hydrazine groups is 1. The number of rotatable bonds is 10. The Morgan fingerprint density at radius 3 is 2.36 bits per heavy atom. The van der Waals surface area contributed by atoms with Crippen LogP contribution in [0.2, 0.25) is 0 Å². The van der Waals surface area contributed by atoms with E-state index in [1.54, 1.807) is 24.3 Å². The van der Waals surface area contributed by atoms with Gasteiger partial charge in [0.15, 0.2) is 0 Å². The zero-order chi connectivity index (χ0) is 27.6. The van der Waals surface area contributed by atoms with Crippen molar-refractivity contribution < 1.29 is 19.1 Å². The molecule has 0 atom stereocenters. The van der Waals surface area contributed by atoms with Crippen LogP contribution in [-0.2, 0) is 22.6 Å². The largest absolute Gasteiger partial charge is 0.489 e. The minimum Gasteiger partial charge on any atom is -0.489 e. The number of hydrogen-bond donors (Lipinski definition) is 2. The van der Waals surface area contributed by atoms with Crippen LogP contribution < -0.4 is 15.6 Å². The quantitative estimate of drug-likeness (QED) is 0.200. The van der Waals surface area contributed by atoms with E-state index < -0.39 is 5.91 Å². The fourth-order valence-corrected chi connectivity index (χ4v) is 5.10. The zero-order valence-corrected chi connectivity index (χ0v) is 23.1. The summed E-state index contributed by atoms with van der Waals surface area (Å²) in [6.07, 6.45) is 3.32. The summed E-state index contributed by atoms with van der Waals surface area (Å²) >= 11 is 6.64. The molecule has 1 saturated heterocycles. The SMILES string of the molecule is CCc1ccc(/C=C2\SC(=S)N(CCCC(=O)NNC(=O)c3ccc(OCc4ccccc4)cc3)C2=O)cc1. The highest BCUT2D eigenvalue weighted by atomic mass is 32.2. The second-order valence-electron chi connectivity index (χ2n) is 8.83. The highest BCUT2D eigenvalue weighted by molar-refractivity contribution is 8.26. The van der Waals surface area contributed by atoms with Gasteiger partial charge in [-0.1, -0.05) is 85.5 Å². The molecule has 0 spiro atoms. The average Bonchev–Trinajstić information content (AvgIpc) is 3.23. The second kappa shape index (κ2) is 13.7. The van der Waals surface area contributed by atoms with E-state index >= 15 is 0 Å². The van der Waals surface area contributed by atoms with E-state index in [1.165, 1.54) is 22.2 Å². The molecule has 1 aliphatic rings. The Balaban J connectivity index is 1.18. The molecule has 3 amide bonds. The number of hydrogen-bond acceptors (Lipinski definition) is 6. The molecule has 200 valence electrons. The van der Waals surface area contributed by atoms with Crippen LogP contribution in [0.15, 0.2) is 83.8 Å². The summed E-state index contributed by atoms with van der Waals surface area (Å²) in [6, 6.07) is 24.5. The Bertz CT molecular complexity index is 1360. The van der Waals surface area contributed by atoms with Crippen molar-refractivity contribution in [3.63, 3.8) is 0 Å². The number of amides is 3. The van der Waals surface area contributed by atoms with Crippen molar-refractivity contribution in [3.8, 4) is 5.75 Å². The van der Waals surface area contributed by atoms with Gasteiger partial charge in [-0.2, -0.15) is 0 Å². The Hall–Kier alpha value is -3.95. The van der Waals surface area contributed by atoms with E-state index in [1.807, 2.05) is 60.7 Å². The van der Waals surface area contributed by atoms with Crippen molar-refractivity contribution in [3.05, 3.63) is 106 Å². The van der Waals surface area contributed by atoms with Gasteiger partial charge < -0.3 is 4.74 Å². The van der Waals surface area contributed by atoms with E-state index in [-0.39, 0.29) is 18.2 Å². The Morgan fingerprint density at radius 2 is 1.67 bits per heavy atom. The Kier molecular flexibility index (Phi) is 9.88. The summed E-state index contributed by atoms with van der Waals surface area (Å²) < 4.78 is 6.20. The van der Waals surface area contributed by atoms with Gasteiger partial charge in [0.1, 0.15) is 16.7 Å². The molecule has 1 fully saturated rings. The molecular weight excluding hydrogens is 530 g/mol. The predicted molar refractivity (Wildman–Crippen MR) is 158 cm³/mol. The van der Waals surface area contributed by atoms with Crippen molar-refractivity contribution in [2.45, 2.75) is 32.8 Å². The standard InChI is InChI=1S/C30H29N3O4S2/c1-2-21-10-12-22(13-11-21)19-26-29(36)33(30(38)39-26)18-6-9-27(34)31-32-28(35)24-14-16-25(17-15-24)37-20-23-7-4-3-5-8-23/h3-5,7-8,10-17,19H,2,6,9,18,20H2,1H3,(H,31,34)(H,32,35)/b26-19-. The first-order valence-corrected chi connectivity index (χ1v) is 13.9. The van der Waals surface area contributed by atoms with Gasteiger partial charge >= 0.3 is 0 Å². The van der Waals surface area contributed by atoms with Crippen LogP contribution in [0, 0.1) is 0 Å². The van der Waals surface area contributed by atoms with Gasteiger partial charge in [-0.25, -0.2) is 0 Å². The molecule has 2 N–H and O–H groups in total. The monoisotopic (exact) mass is 559 g/mol. The third-order valence-electron chi connectivity index (χ3n) is 6.03. The summed E-state index contributed by atoms with van der Waals surface area (Å²) in [5.41, 5.74) is 8.44. The molecule has 7 nitrogen and oxygen atoms in total.